The number of hydrogen-bond donors (Lipinski definition) is 3. The highest BCUT2D eigenvalue weighted by atomic mass is 32.1. The summed E-state index contributed by atoms with van der Waals surface area (Å²) in [7, 11) is 0. The second-order valence-electron chi connectivity index (χ2n) is 3.57. The molecule has 0 fully saturated rings. The van der Waals surface area contributed by atoms with E-state index in [2.05, 4.69) is 27.0 Å². The minimum atomic E-state index is 0.732. The van der Waals surface area contributed by atoms with Crippen molar-refractivity contribution < 1.29 is 0 Å². The summed E-state index contributed by atoms with van der Waals surface area (Å²) in [5.74, 6) is 0. The number of nitrogens with zero attached hydrogens (tertiary/aromatic N) is 1. The predicted molar refractivity (Wildman–Crippen MR) is 67.3 cm³/mol. The zero-order valence-corrected chi connectivity index (χ0v) is 9.89. The van der Waals surface area contributed by atoms with E-state index in [1.807, 2.05) is 12.3 Å². The second kappa shape index (κ2) is 5.79. The Hall–Kier alpha value is -1.17. The van der Waals surface area contributed by atoms with Crippen molar-refractivity contribution in [3.8, 4) is 10.6 Å². The molecule has 5 heteroatoms. The van der Waals surface area contributed by atoms with Crippen LogP contribution in [-0.2, 0) is 6.54 Å². The van der Waals surface area contributed by atoms with Crippen molar-refractivity contribution in [3.63, 3.8) is 0 Å². The molecule has 0 radical (unpaired) electrons. The van der Waals surface area contributed by atoms with Gasteiger partial charge < -0.3 is 11.1 Å². The molecule has 16 heavy (non-hydrogen) atoms. The molecule has 2 heterocycles. The molecule has 86 valence electrons. The van der Waals surface area contributed by atoms with E-state index in [1.165, 1.54) is 10.4 Å². The van der Waals surface area contributed by atoms with E-state index < -0.39 is 0 Å². The summed E-state index contributed by atoms with van der Waals surface area (Å²) < 4.78 is 0. The first-order valence-electron chi connectivity index (χ1n) is 5.38. The van der Waals surface area contributed by atoms with Gasteiger partial charge in [0.1, 0.15) is 0 Å². The Morgan fingerprint density at radius 2 is 2.44 bits per heavy atom. The van der Waals surface area contributed by atoms with Crippen LogP contribution in [0.3, 0.4) is 0 Å². The molecule has 2 aromatic heterocycles. The second-order valence-corrected chi connectivity index (χ2v) is 4.51. The first kappa shape index (κ1) is 11.3. The number of nitrogens with one attached hydrogen (secondary N) is 2. The third-order valence-corrected chi connectivity index (χ3v) is 3.25. The number of hydrogen-bond acceptors (Lipinski definition) is 4. The Morgan fingerprint density at radius 1 is 1.50 bits per heavy atom. The van der Waals surface area contributed by atoms with Crippen LogP contribution in [0.25, 0.3) is 10.6 Å². The lowest BCUT2D eigenvalue weighted by molar-refractivity contribution is 0.656. The highest BCUT2D eigenvalue weighted by molar-refractivity contribution is 7.13. The largest absolute Gasteiger partial charge is 0.330 e. The van der Waals surface area contributed by atoms with Crippen LogP contribution in [0.15, 0.2) is 23.7 Å². The minimum Gasteiger partial charge on any atom is -0.330 e. The van der Waals surface area contributed by atoms with Crippen molar-refractivity contribution in [2.45, 2.75) is 13.0 Å². The van der Waals surface area contributed by atoms with E-state index in [0.29, 0.717) is 0 Å². The molecule has 0 saturated carbocycles. The zero-order valence-electron chi connectivity index (χ0n) is 9.07. The first-order chi connectivity index (χ1) is 7.92. The average Bonchev–Trinajstić information content (AvgIpc) is 2.94. The van der Waals surface area contributed by atoms with Gasteiger partial charge in [-0.05, 0) is 31.0 Å². The van der Waals surface area contributed by atoms with Gasteiger partial charge in [-0.1, -0.05) is 6.07 Å². The molecule has 4 nitrogen and oxygen atoms in total. The maximum Gasteiger partial charge on any atom is 0.0794 e. The minimum absolute atomic E-state index is 0.732. The van der Waals surface area contributed by atoms with Gasteiger partial charge >= 0.3 is 0 Å². The number of rotatable bonds is 6. The molecule has 0 atom stereocenters. The number of aromatic amines is 1. The van der Waals surface area contributed by atoms with Crippen LogP contribution in [0, 0.1) is 0 Å². The normalized spacial score (nSPS) is 10.8. The standard InChI is InChI=1S/C11H16N4S/c12-4-2-5-13-7-9-8-14-15-11(9)10-3-1-6-16-10/h1,3,6,8,13H,2,4-5,7,12H2,(H,14,15). The predicted octanol–water partition coefficient (Wildman–Crippen LogP) is 1.58. The molecular weight excluding hydrogens is 220 g/mol. The van der Waals surface area contributed by atoms with Crippen LogP contribution >= 0.6 is 11.3 Å². The van der Waals surface area contributed by atoms with Gasteiger partial charge in [-0.3, -0.25) is 5.10 Å². The average molecular weight is 236 g/mol. The Bertz CT molecular complexity index is 407. The SMILES string of the molecule is NCCCNCc1cn[nH]c1-c1cccs1. The van der Waals surface area contributed by atoms with Crippen LogP contribution in [0.2, 0.25) is 0 Å². The molecule has 0 saturated heterocycles. The first-order valence-corrected chi connectivity index (χ1v) is 6.26. The molecule has 4 N–H and O–H groups in total. The lowest BCUT2D eigenvalue weighted by atomic mass is 10.2. The van der Waals surface area contributed by atoms with Crippen LogP contribution in [0.5, 0.6) is 0 Å². The Kier molecular flexibility index (Phi) is 4.10. The lowest BCUT2D eigenvalue weighted by Gasteiger charge is -2.03. The monoisotopic (exact) mass is 236 g/mol. The van der Waals surface area contributed by atoms with Gasteiger partial charge in [0.2, 0.25) is 0 Å². The van der Waals surface area contributed by atoms with Crippen molar-refractivity contribution in [2.75, 3.05) is 13.1 Å². The third-order valence-electron chi connectivity index (χ3n) is 2.36. The van der Waals surface area contributed by atoms with E-state index in [1.54, 1.807) is 11.3 Å². The quantitative estimate of drug-likeness (QED) is 0.667. The topological polar surface area (TPSA) is 66.7 Å². The van der Waals surface area contributed by atoms with Gasteiger partial charge in [0.05, 0.1) is 16.8 Å². The number of thiophene rings is 1. The Balaban J connectivity index is 1.97. The van der Waals surface area contributed by atoms with Crippen molar-refractivity contribution in [1.82, 2.24) is 15.5 Å². The maximum absolute atomic E-state index is 5.44. The highest BCUT2D eigenvalue weighted by Crippen LogP contribution is 2.25. The molecule has 0 bridgehead atoms. The summed E-state index contributed by atoms with van der Waals surface area (Å²) in [6, 6.07) is 4.15. The summed E-state index contributed by atoms with van der Waals surface area (Å²) in [6.45, 7) is 2.52. The van der Waals surface area contributed by atoms with Crippen molar-refractivity contribution in [3.05, 3.63) is 29.3 Å². The summed E-state index contributed by atoms with van der Waals surface area (Å²) in [5.41, 5.74) is 7.77. The van der Waals surface area contributed by atoms with Gasteiger partial charge in [0.25, 0.3) is 0 Å². The van der Waals surface area contributed by atoms with E-state index in [4.69, 9.17) is 5.73 Å². The molecule has 0 amide bonds. The maximum atomic E-state index is 5.44. The highest BCUT2D eigenvalue weighted by Gasteiger charge is 2.07. The van der Waals surface area contributed by atoms with Crippen molar-refractivity contribution >= 4 is 11.3 Å². The fraction of sp³-hybridized carbons (Fsp3) is 0.364. The fourth-order valence-electron chi connectivity index (χ4n) is 1.53. The Labute approximate surface area is 98.9 Å². The van der Waals surface area contributed by atoms with Crippen LogP contribution in [0.1, 0.15) is 12.0 Å². The molecular formula is C11H16N4S. The van der Waals surface area contributed by atoms with Crippen LogP contribution in [0.4, 0.5) is 0 Å². The van der Waals surface area contributed by atoms with Gasteiger partial charge in [-0.2, -0.15) is 5.10 Å². The summed E-state index contributed by atoms with van der Waals surface area (Å²) >= 11 is 1.72. The molecule has 0 aliphatic carbocycles. The number of H-pyrrole nitrogens is 1. The smallest absolute Gasteiger partial charge is 0.0794 e. The van der Waals surface area contributed by atoms with Crippen LogP contribution in [-0.4, -0.2) is 23.3 Å². The zero-order chi connectivity index (χ0) is 11.2. The van der Waals surface area contributed by atoms with Gasteiger partial charge in [-0.15, -0.1) is 11.3 Å². The Morgan fingerprint density at radius 3 is 3.19 bits per heavy atom. The molecule has 0 aliphatic rings. The van der Waals surface area contributed by atoms with E-state index in [0.717, 1.165) is 31.7 Å². The fourth-order valence-corrected chi connectivity index (χ4v) is 2.28. The number of nitrogens with two attached hydrogens (primary N) is 1. The lowest BCUT2D eigenvalue weighted by Crippen LogP contribution is -2.17. The van der Waals surface area contributed by atoms with E-state index >= 15 is 0 Å². The summed E-state index contributed by atoms with van der Waals surface area (Å²) in [5, 5.41) is 12.6. The molecule has 0 aromatic carbocycles. The summed E-state index contributed by atoms with van der Waals surface area (Å²) in [6.07, 6.45) is 2.89. The molecule has 2 rings (SSSR count). The van der Waals surface area contributed by atoms with Crippen LogP contribution < -0.4 is 11.1 Å². The molecule has 0 spiro atoms. The molecule has 2 aromatic rings. The van der Waals surface area contributed by atoms with E-state index in [-0.39, 0.29) is 0 Å². The molecule has 0 unspecified atom stereocenters. The summed E-state index contributed by atoms with van der Waals surface area (Å²) in [4.78, 5) is 1.23. The van der Waals surface area contributed by atoms with Gasteiger partial charge in [0, 0.05) is 12.1 Å². The third kappa shape index (κ3) is 2.69. The number of aromatic nitrogens is 2. The van der Waals surface area contributed by atoms with Crippen molar-refractivity contribution in [1.29, 1.82) is 0 Å². The van der Waals surface area contributed by atoms with Gasteiger partial charge in [0.15, 0.2) is 0 Å². The molecule has 0 aliphatic heterocycles. The van der Waals surface area contributed by atoms with Crippen molar-refractivity contribution in [2.24, 2.45) is 5.73 Å². The van der Waals surface area contributed by atoms with Gasteiger partial charge in [-0.25, -0.2) is 0 Å². The van der Waals surface area contributed by atoms with E-state index in [9.17, 15) is 0 Å².